The van der Waals surface area contributed by atoms with Crippen molar-refractivity contribution in [2.24, 2.45) is 5.10 Å². The summed E-state index contributed by atoms with van der Waals surface area (Å²) in [7, 11) is 1.49. The number of carbonyl (C=O) groups excluding carboxylic acids is 3. The first-order valence-electron chi connectivity index (χ1n) is 10.6. The molecule has 0 aliphatic rings. The van der Waals surface area contributed by atoms with E-state index in [1.807, 2.05) is 24.3 Å². The Morgan fingerprint density at radius 2 is 1.74 bits per heavy atom. The van der Waals surface area contributed by atoms with Crippen LogP contribution in [0.1, 0.15) is 22.3 Å². The molecule has 0 radical (unpaired) electrons. The van der Waals surface area contributed by atoms with Crippen LogP contribution in [0.3, 0.4) is 0 Å². The Kier molecular flexibility index (Phi) is 6.96. The molecular weight excluding hydrogens is 451 g/mol. The maximum absolute atomic E-state index is 13.3. The summed E-state index contributed by atoms with van der Waals surface area (Å²) in [5.74, 6) is -2.16. The number of ether oxygens (including phenoxy) is 1. The average Bonchev–Trinajstić information content (AvgIpc) is 3.28. The Balaban J connectivity index is 1.50. The highest BCUT2D eigenvalue weighted by molar-refractivity contribution is 6.23. The molecule has 0 spiro atoms. The standard InChI is InChI=1S/C26H21FN4O4/c1-35-21-12-10-20(11-13-21)31(26(34)17-6-8-19(27)9-7-17)25(33)14-24(32)30-29-16-18-15-28-23-5-3-2-4-22(18)23/h2-13,15-16,28H,14H2,1H3,(H,30,32). The summed E-state index contributed by atoms with van der Waals surface area (Å²) >= 11 is 0. The van der Waals surface area contributed by atoms with E-state index in [0.717, 1.165) is 33.5 Å². The SMILES string of the molecule is COc1ccc(N(C(=O)CC(=O)NN=Cc2c[nH]c3ccccc23)C(=O)c2ccc(F)cc2)cc1. The van der Waals surface area contributed by atoms with Crippen LogP contribution in [0.15, 0.2) is 84.1 Å². The number of para-hydroxylation sites is 1. The number of methoxy groups -OCH3 is 1. The van der Waals surface area contributed by atoms with Crippen LogP contribution >= 0.6 is 0 Å². The van der Waals surface area contributed by atoms with Gasteiger partial charge >= 0.3 is 0 Å². The van der Waals surface area contributed by atoms with Crippen LogP contribution in [0.25, 0.3) is 10.9 Å². The van der Waals surface area contributed by atoms with Gasteiger partial charge in [-0.05, 0) is 54.6 Å². The van der Waals surface area contributed by atoms with Gasteiger partial charge in [0.25, 0.3) is 5.91 Å². The highest BCUT2D eigenvalue weighted by Crippen LogP contribution is 2.22. The number of carbonyl (C=O) groups is 3. The lowest BCUT2D eigenvalue weighted by Gasteiger charge is -2.21. The van der Waals surface area contributed by atoms with Crippen LogP contribution in [0, 0.1) is 5.82 Å². The minimum atomic E-state index is -0.774. The van der Waals surface area contributed by atoms with Crippen LogP contribution in [-0.4, -0.2) is 36.0 Å². The smallest absolute Gasteiger partial charge is 0.265 e. The van der Waals surface area contributed by atoms with E-state index < -0.39 is 30.0 Å². The van der Waals surface area contributed by atoms with Crippen molar-refractivity contribution < 1.29 is 23.5 Å². The highest BCUT2D eigenvalue weighted by Gasteiger charge is 2.26. The third kappa shape index (κ3) is 5.41. The lowest BCUT2D eigenvalue weighted by atomic mass is 10.1. The van der Waals surface area contributed by atoms with E-state index >= 15 is 0 Å². The largest absolute Gasteiger partial charge is 0.497 e. The fraction of sp³-hybridized carbons (Fsp3) is 0.0769. The third-order valence-corrected chi connectivity index (χ3v) is 5.20. The van der Waals surface area contributed by atoms with Crippen molar-refractivity contribution in [3.8, 4) is 5.75 Å². The number of aromatic nitrogens is 1. The summed E-state index contributed by atoms with van der Waals surface area (Å²) < 4.78 is 18.4. The van der Waals surface area contributed by atoms with Crippen molar-refractivity contribution in [2.75, 3.05) is 12.0 Å². The molecule has 3 aromatic carbocycles. The molecular formula is C26H21FN4O4. The molecule has 8 nitrogen and oxygen atoms in total. The molecule has 4 aromatic rings. The molecule has 3 amide bonds. The van der Waals surface area contributed by atoms with Gasteiger partial charge in [0, 0.05) is 28.2 Å². The maximum Gasteiger partial charge on any atom is 0.265 e. The molecule has 2 N–H and O–H groups in total. The van der Waals surface area contributed by atoms with Crippen molar-refractivity contribution in [3.05, 3.63) is 95.9 Å². The minimum Gasteiger partial charge on any atom is -0.497 e. The predicted octanol–water partition coefficient (Wildman–Crippen LogP) is 4.03. The first kappa shape index (κ1) is 23.4. The van der Waals surface area contributed by atoms with Gasteiger partial charge in [0.05, 0.1) is 19.0 Å². The van der Waals surface area contributed by atoms with Gasteiger partial charge in [-0.2, -0.15) is 5.10 Å². The number of H-pyrrole nitrogens is 1. The van der Waals surface area contributed by atoms with Gasteiger partial charge in [0.15, 0.2) is 0 Å². The van der Waals surface area contributed by atoms with E-state index in [4.69, 9.17) is 4.74 Å². The quantitative estimate of drug-likeness (QED) is 0.241. The number of amides is 3. The molecule has 0 unspecified atom stereocenters. The number of hydrogen-bond donors (Lipinski definition) is 2. The van der Waals surface area contributed by atoms with Crippen LogP contribution in [0.2, 0.25) is 0 Å². The highest BCUT2D eigenvalue weighted by atomic mass is 19.1. The second-order valence-corrected chi connectivity index (χ2v) is 7.50. The maximum atomic E-state index is 13.3. The monoisotopic (exact) mass is 472 g/mol. The van der Waals surface area contributed by atoms with E-state index in [1.165, 1.54) is 37.6 Å². The van der Waals surface area contributed by atoms with Gasteiger partial charge in [-0.1, -0.05) is 18.2 Å². The zero-order valence-electron chi connectivity index (χ0n) is 18.7. The summed E-state index contributed by atoms with van der Waals surface area (Å²) in [6.07, 6.45) is 2.58. The Morgan fingerprint density at radius 3 is 2.46 bits per heavy atom. The average molecular weight is 472 g/mol. The van der Waals surface area contributed by atoms with Gasteiger partial charge in [-0.25, -0.2) is 14.7 Å². The first-order valence-corrected chi connectivity index (χ1v) is 10.6. The minimum absolute atomic E-state index is 0.0910. The Hall–Kier alpha value is -4.79. The number of benzene rings is 3. The number of halogens is 1. The van der Waals surface area contributed by atoms with Crippen LogP contribution in [-0.2, 0) is 9.59 Å². The summed E-state index contributed by atoms with van der Waals surface area (Å²) in [5.41, 5.74) is 4.33. The van der Waals surface area contributed by atoms with Gasteiger partial charge < -0.3 is 9.72 Å². The number of nitrogens with zero attached hydrogens (tertiary/aromatic N) is 2. The molecule has 0 saturated heterocycles. The fourth-order valence-electron chi connectivity index (χ4n) is 3.46. The molecule has 176 valence electrons. The number of hydrogen-bond acceptors (Lipinski definition) is 5. The molecule has 9 heteroatoms. The molecule has 0 aliphatic heterocycles. The van der Waals surface area contributed by atoms with Gasteiger partial charge in [-0.3, -0.25) is 14.4 Å². The number of rotatable bonds is 7. The number of fused-ring (bicyclic) bond motifs is 1. The van der Waals surface area contributed by atoms with E-state index in [2.05, 4.69) is 15.5 Å². The van der Waals surface area contributed by atoms with Crippen molar-refractivity contribution >= 4 is 40.5 Å². The van der Waals surface area contributed by atoms with Crippen molar-refractivity contribution in [1.29, 1.82) is 0 Å². The van der Waals surface area contributed by atoms with E-state index in [-0.39, 0.29) is 11.3 Å². The van der Waals surface area contributed by atoms with Crippen LogP contribution in [0.5, 0.6) is 5.75 Å². The lowest BCUT2D eigenvalue weighted by molar-refractivity contribution is -0.127. The van der Waals surface area contributed by atoms with Crippen LogP contribution in [0.4, 0.5) is 10.1 Å². The topological polar surface area (TPSA) is 104 Å². The Morgan fingerprint density at radius 1 is 1.03 bits per heavy atom. The van der Waals surface area contributed by atoms with Crippen LogP contribution < -0.4 is 15.1 Å². The second-order valence-electron chi connectivity index (χ2n) is 7.50. The predicted molar refractivity (Wildman–Crippen MR) is 130 cm³/mol. The van der Waals surface area contributed by atoms with Crippen molar-refractivity contribution in [1.82, 2.24) is 10.4 Å². The molecule has 4 rings (SSSR count). The van der Waals surface area contributed by atoms with E-state index in [0.29, 0.717) is 5.75 Å². The summed E-state index contributed by atoms with van der Waals surface area (Å²) in [4.78, 5) is 42.5. The zero-order valence-corrected chi connectivity index (χ0v) is 18.7. The second kappa shape index (κ2) is 10.4. The number of imide groups is 1. The Bertz CT molecular complexity index is 1400. The molecule has 35 heavy (non-hydrogen) atoms. The van der Waals surface area contributed by atoms with Gasteiger partial charge in [0.2, 0.25) is 11.8 Å². The van der Waals surface area contributed by atoms with Crippen molar-refractivity contribution in [3.63, 3.8) is 0 Å². The zero-order chi connectivity index (χ0) is 24.8. The number of aromatic amines is 1. The Labute approximate surface area is 200 Å². The molecule has 0 bridgehead atoms. The number of nitrogens with one attached hydrogen (secondary N) is 2. The molecule has 0 fully saturated rings. The summed E-state index contributed by atoms with van der Waals surface area (Å²) in [6, 6.07) is 18.6. The van der Waals surface area contributed by atoms with E-state index in [9.17, 15) is 18.8 Å². The molecule has 1 aromatic heterocycles. The molecule has 0 aliphatic carbocycles. The molecule has 1 heterocycles. The fourth-order valence-corrected chi connectivity index (χ4v) is 3.46. The van der Waals surface area contributed by atoms with E-state index in [1.54, 1.807) is 18.3 Å². The molecule has 0 atom stereocenters. The van der Waals surface area contributed by atoms with Gasteiger partial charge in [0.1, 0.15) is 18.0 Å². The number of hydrazone groups is 1. The van der Waals surface area contributed by atoms with Gasteiger partial charge in [-0.15, -0.1) is 0 Å². The number of anilines is 1. The first-order chi connectivity index (χ1) is 17.0. The third-order valence-electron chi connectivity index (χ3n) is 5.20. The summed E-state index contributed by atoms with van der Waals surface area (Å²) in [5, 5.41) is 4.85. The van der Waals surface area contributed by atoms with Crippen molar-refractivity contribution in [2.45, 2.75) is 6.42 Å². The normalized spacial score (nSPS) is 10.9. The molecule has 0 saturated carbocycles. The lowest BCUT2D eigenvalue weighted by Crippen LogP contribution is -2.39. The summed E-state index contributed by atoms with van der Waals surface area (Å²) in [6.45, 7) is 0.